The number of aromatic nitrogens is 4. The molecule has 0 saturated heterocycles. The zero-order valence-electron chi connectivity index (χ0n) is 10.5. The van der Waals surface area contributed by atoms with Gasteiger partial charge >= 0.3 is 5.97 Å². The van der Waals surface area contributed by atoms with E-state index in [0.29, 0.717) is 5.95 Å². The van der Waals surface area contributed by atoms with Crippen LogP contribution < -0.4 is 0 Å². The zero-order valence-corrected chi connectivity index (χ0v) is 10.5. The summed E-state index contributed by atoms with van der Waals surface area (Å²) in [6.07, 6.45) is 3.19. The Morgan fingerprint density at radius 3 is 2.39 bits per heavy atom. The van der Waals surface area contributed by atoms with Gasteiger partial charge in [0.25, 0.3) is 5.95 Å². The molecule has 0 aromatic carbocycles. The van der Waals surface area contributed by atoms with Crippen LogP contribution in [0.2, 0.25) is 0 Å². The van der Waals surface area contributed by atoms with Gasteiger partial charge in [-0.3, -0.25) is 0 Å². The van der Waals surface area contributed by atoms with Crippen molar-refractivity contribution in [2.45, 2.75) is 26.2 Å². The Morgan fingerprint density at radius 1 is 1.28 bits per heavy atom. The Hall–Kier alpha value is -2.24. The van der Waals surface area contributed by atoms with E-state index >= 15 is 0 Å². The lowest BCUT2D eigenvalue weighted by Gasteiger charge is -2.18. The van der Waals surface area contributed by atoms with E-state index in [4.69, 9.17) is 5.11 Å². The molecule has 0 atom stereocenters. The van der Waals surface area contributed by atoms with E-state index in [-0.39, 0.29) is 11.1 Å². The lowest BCUT2D eigenvalue weighted by Crippen LogP contribution is -2.18. The Labute approximate surface area is 104 Å². The monoisotopic (exact) mass is 246 g/mol. The first-order valence-electron chi connectivity index (χ1n) is 5.51. The Morgan fingerprint density at radius 2 is 1.89 bits per heavy atom. The minimum Gasteiger partial charge on any atom is -0.476 e. The summed E-state index contributed by atoms with van der Waals surface area (Å²) in [7, 11) is 0. The number of aromatic carboxylic acids is 1. The normalized spacial score (nSPS) is 11.5. The summed E-state index contributed by atoms with van der Waals surface area (Å²) in [4.78, 5) is 19.2. The van der Waals surface area contributed by atoms with Crippen molar-refractivity contribution in [3.8, 4) is 5.95 Å². The Kier molecular flexibility index (Phi) is 2.86. The van der Waals surface area contributed by atoms with Crippen LogP contribution >= 0.6 is 0 Å². The molecule has 0 bridgehead atoms. The van der Waals surface area contributed by atoms with E-state index in [1.165, 1.54) is 4.68 Å². The third kappa shape index (κ3) is 2.22. The summed E-state index contributed by atoms with van der Waals surface area (Å²) in [6.45, 7) is 5.94. The second-order valence-corrected chi connectivity index (χ2v) is 4.93. The first-order valence-corrected chi connectivity index (χ1v) is 5.51. The second-order valence-electron chi connectivity index (χ2n) is 4.93. The summed E-state index contributed by atoms with van der Waals surface area (Å²) < 4.78 is 1.48. The van der Waals surface area contributed by atoms with Crippen molar-refractivity contribution in [3.05, 3.63) is 35.9 Å². The molecule has 1 N–H and O–H groups in total. The van der Waals surface area contributed by atoms with E-state index < -0.39 is 5.97 Å². The highest BCUT2D eigenvalue weighted by molar-refractivity contribution is 5.85. The maximum Gasteiger partial charge on any atom is 0.356 e. The molecule has 0 saturated carbocycles. The van der Waals surface area contributed by atoms with Gasteiger partial charge in [0.15, 0.2) is 5.69 Å². The molecular weight excluding hydrogens is 232 g/mol. The van der Waals surface area contributed by atoms with Gasteiger partial charge in [0.1, 0.15) is 0 Å². The van der Waals surface area contributed by atoms with Crippen molar-refractivity contribution in [3.63, 3.8) is 0 Å². The predicted molar refractivity (Wildman–Crippen MR) is 64.8 cm³/mol. The Balaban J connectivity index is 2.62. The largest absolute Gasteiger partial charge is 0.476 e. The molecule has 2 rings (SSSR count). The van der Waals surface area contributed by atoms with E-state index in [9.17, 15) is 4.79 Å². The van der Waals surface area contributed by atoms with Crippen molar-refractivity contribution in [2.75, 3.05) is 0 Å². The molecule has 2 aromatic heterocycles. The molecular formula is C12H14N4O2. The molecule has 0 fully saturated rings. The lowest BCUT2D eigenvalue weighted by molar-refractivity contribution is 0.0690. The third-order valence-electron chi connectivity index (χ3n) is 2.44. The van der Waals surface area contributed by atoms with Crippen molar-refractivity contribution >= 4 is 5.97 Å². The maximum absolute atomic E-state index is 11.0. The second kappa shape index (κ2) is 4.21. The van der Waals surface area contributed by atoms with Gasteiger partial charge in [-0.15, -0.1) is 0 Å². The predicted octanol–water partition coefficient (Wildman–Crippen LogP) is 1.66. The highest BCUT2D eigenvalue weighted by Crippen LogP contribution is 2.24. The van der Waals surface area contributed by atoms with Crippen LogP contribution in [0.3, 0.4) is 0 Å². The van der Waals surface area contributed by atoms with E-state index in [2.05, 4.69) is 15.1 Å². The molecule has 2 aromatic rings. The molecule has 0 amide bonds. The lowest BCUT2D eigenvalue weighted by atomic mass is 9.92. The van der Waals surface area contributed by atoms with Gasteiger partial charge < -0.3 is 5.11 Å². The minimum atomic E-state index is -1.06. The maximum atomic E-state index is 11.0. The van der Waals surface area contributed by atoms with Crippen LogP contribution in [0.4, 0.5) is 0 Å². The first-order chi connectivity index (χ1) is 8.39. The molecule has 2 heterocycles. The number of carbonyl (C=O) groups is 1. The molecule has 0 aliphatic carbocycles. The van der Waals surface area contributed by atoms with Crippen LogP contribution in [-0.4, -0.2) is 30.8 Å². The fourth-order valence-corrected chi connectivity index (χ4v) is 1.57. The van der Waals surface area contributed by atoms with Gasteiger partial charge in [0, 0.05) is 17.8 Å². The smallest absolute Gasteiger partial charge is 0.356 e. The van der Waals surface area contributed by atoms with Crippen LogP contribution in [0.15, 0.2) is 24.5 Å². The fraction of sp³-hybridized carbons (Fsp3) is 0.333. The van der Waals surface area contributed by atoms with Crippen molar-refractivity contribution in [1.82, 2.24) is 19.7 Å². The summed E-state index contributed by atoms with van der Waals surface area (Å²) in [5, 5.41) is 13.1. The molecule has 6 nitrogen and oxygen atoms in total. The van der Waals surface area contributed by atoms with Gasteiger partial charge in [-0.2, -0.15) is 5.10 Å². The van der Waals surface area contributed by atoms with Gasteiger partial charge in [-0.05, 0) is 12.1 Å². The average Bonchev–Trinajstić information content (AvgIpc) is 2.74. The summed E-state index contributed by atoms with van der Waals surface area (Å²) in [6, 6.07) is 3.25. The molecule has 6 heteroatoms. The molecule has 94 valence electrons. The summed E-state index contributed by atoms with van der Waals surface area (Å²) >= 11 is 0. The van der Waals surface area contributed by atoms with Gasteiger partial charge in [-0.1, -0.05) is 20.8 Å². The molecule has 0 aliphatic rings. The number of hydrogen-bond donors (Lipinski definition) is 1. The fourth-order valence-electron chi connectivity index (χ4n) is 1.57. The minimum absolute atomic E-state index is 0.00706. The van der Waals surface area contributed by atoms with Crippen LogP contribution in [0.5, 0.6) is 0 Å². The topological polar surface area (TPSA) is 80.9 Å². The van der Waals surface area contributed by atoms with Crippen LogP contribution in [0.25, 0.3) is 5.95 Å². The first kappa shape index (κ1) is 12.2. The van der Waals surface area contributed by atoms with Crippen LogP contribution in [-0.2, 0) is 5.41 Å². The van der Waals surface area contributed by atoms with Gasteiger partial charge in [0.05, 0.1) is 5.69 Å². The number of nitrogens with zero attached hydrogens (tertiary/aromatic N) is 4. The number of carboxylic acid groups (broad SMARTS) is 1. The van der Waals surface area contributed by atoms with E-state index in [1.54, 1.807) is 24.5 Å². The van der Waals surface area contributed by atoms with Crippen molar-refractivity contribution in [2.24, 2.45) is 0 Å². The van der Waals surface area contributed by atoms with Crippen LogP contribution in [0.1, 0.15) is 37.0 Å². The quantitative estimate of drug-likeness (QED) is 0.871. The third-order valence-corrected chi connectivity index (χ3v) is 2.44. The standard InChI is InChI=1S/C12H14N4O2/c1-12(2,3)9-7-8(10(17)18)15-16(9)11-13-5-4-6-14-11/h4-7H,1-3H3,(H,17,18). The van der Waals surface area contributed by atoms with Crippen molar-refractivity contribution < 1.29 is 9.90 Å². The molecule has 18 heavy (non-hydrogen) atoms. The Bertz CT molecular complexity index is 570. The molecule has 0 spiro atoms. The highest BCUT2D eigenvalue weighted by Gasteiger charge is 2.24. The average molecular weight is 246 g/mol. The van der Waals surface area contributed by atoms with Gasteiger partial charge in [-0.25, -0.2) is 19.4 Å². The van der Waals surface area contributed by atoms with E-state index in [0.717, 1.165) is 5.69 Å². The molecule has 0 radical (unpaired) electrons. The summed E-state index contributed by atoms with van der Waals surface area (Å²) in [5.74, 6) is -0.690. The molecule has 0 unspecified atom stereocenters. The number of carboxylic acids is 1. The van der Waals surface area contributed by atoms with Crippen LogP contribution in [0, 0.1) is 0 Å². The summed E-state index contributed by atoms with van der Waals surface area (Å²) in [5.41, 5.74) is 0.498. The zero-order chi connectivity index (χ0) is 13.3. The molecule has 0 aliphatic heterocycles. The number of rotatable bonds is 2. The SMILES string of the molecule is CC(C)(C)c1cc(C(=O)O)nn1-c1ncccn1. The van der Waals surface area contributed by atoms with E-state index in [1.807, 2.05) is 20.8 Å². The highest BCUT2D eigenvalue weighted by atomic mass is 16.4. The van der Waals surface area contributed by atoms with Crippen molar-refractivity contribution in [1.29, 1.82) is 0 Å². The van der Waals surface area contributed by atoms with Gasteiger partial charge in [0.2, 0.25) is 0 Å². The number of hydrogen-bond acceptors (Lipinski definition) is 4.